The Morgan fingerprint density at radius 1 is 1.13 bits per heavy atom. The van der Waals surface area contributed by atoms with Gasteiger partial charge in [0.2, 0.25) is 17.7 Å². The first kappa shape index (κ1) is 33.2. The van der Waals surface area contributed by atoms with Crippen LogP contribution in [0.2, 0.25) is 0 Å². The lowest BCUT2D eigenvalue weighted by Crippen LogP contribution is -2.65. The number of carbonyl (C=O) groups excluding carboxylic acids is 4. The Morgan fingerprint density at radius 3 is 2.26 bits per heavy atom. The van der Waals surface area contributed by atoms with Crippen molar-refractivity contribution in [2.24, 2.45) is 11.5 Å². The van der Waals surface area contributed by atoms with Crippen LogP contribution in [0, 0.1) is 0 Å². The molecule has 1 saturated heterocycles. The van der Waals surface area contributed by atoms with Crippen LogP contribution in [0.1, 0.15) is 53.4 Å². The molecule has 1 unspecified atom stereocenters. The van der Waals surface area contributed by atoms with Crippen LogP contribution in [0.3, 0.4) is 0 Å². The zero-order chi connectivity index (χ0) is 29.2. The third-order valence-corrected chi connectivity index (χ3v) is 5.78. The molecule has 8 N–H and O–H groups in total. The largest absolute Gasteiger partial charge is 0.481 e. The molecule has 0 spiro atoms. The molecule has 15 nitrogen and oxygen atoms in total. The number of ether oxygens (including phenoxy) is 3. The van der Waals surface area contributed by atoms with Crippen molar-refractivity contribution in [1.29, 1.82) is 0 Å². The van der Waals surface area contributed by atoms with E-state index >= 15 is 0 Å². The Morgan fingerprint density at radius 2 is 1.76 bits per heavy atom. The second-order valence-corrected chi connectivity index (χ2v) is 9.26. The topological polar surface area (TPSA) is 241 Å². The van der Waals surface area contributed by atoms with Gasteiger partial charge in [0, 0.05) is 26.3 Å². The second kappa shape index (κ2) is 15.5. The summed E-state index contributed by atoms with van der Waals surface area (Å²) in [7, 11) is 0. The molecular weight excluding hydrogens is 508 g/mol. The zero-order valence-electron chi connectivity index (χ0n) is 22.1. The summed E-state index contributed by atoms with van der Waals surface area (Å²) in [6.07, 6.45) is -6.63. The van der Waals surface area contributed by atoms with Crippen molar-refractivity contribution in [1.82, 2.24) is 10.2 Å². The highest BCUT2D eigenvalue weighted by Gasteiger charge is 2.47. The first-order chi connectivity index (χ1) is 17.7. The smallest absolute Gasteiger partial charge is 0.305 e. The van der Waals surface area contributed by atoms with Crippen LogP contribution in [0.5, 0.6) is 0 Å². The fraction of sp³-hybridized carbons (Fsp3) is 0.783. The van der Waals surface area contributed by atoms with Gasteiger partial charge in [-0.05, 0) is 26.7 Å². The molecule has 0 aliphatic carbocycles. The van der Waals surface area contributed by atoms with Gasteiger partial charge in [0.15, 0.2) is 6.29 Å². The number of aliphatic carboxylic acids is 1. The zero-order valence-corrected chi connectivity index (χ0v) is 22.1. The number of rotatable bonds is 15. The molecule has 1 heterocycles. The quantitative estimate of drug-likeness (QED) is 0.117. The summed E-state index contributed by atoms with van der Waals surface area (Å²) in [5.41, 5.74) is 11.2. The number of nitrogens with one attached hydrogen (secondary N) is 1. The summed E-state index contributed by atoms with van der Waals surface area (Å²) >= 11 is 0. The van der Waals surface area contributed by atoms with E-state index in [-0.39, 0.29) is 19.4 Å². The van der Waals surface area contributed by atoms with Crippen molar-refractivity contribution in [2.75, 3.05) is 13.2 Å². The van der Waals surface area contributed by atoms with Crippen LogP contribution in [-0.4, -0.2) is 112 Å². The van der Waals surface area contributed by atoms with Gasteiger partial charge in [-0.15, -0.1) is 0 Å². The van der Waals surface area contributed by atoms with Gasteiger partial charge in [0.1, 0.15) is 37.0 Å². The number of primary amides is 1. The highest BCUT2D eigenvalue weighted by Crippen LogP contribution is 2.25. The highest BCUT2D eigenvalue weighted by atomic mass is 16.6. The van der Waals surface area contributed by atoms with E-state index in [9.17, 15) is 34.2 Å². The van der Waals surface area contributed by atoms with Crippen molar-refractivity contribution < 1.29 is 53.5 Å². The number of carboxylic acids is 1. The third kappa shape index (κ3) is 10.1. The van der Waals surface area contributed by atoms with Gasteiger partial charge < -0.3 is 51.2 Å². The summed E-state index contributed by atoms with van der Waals surface area (Å²) in [6.45, 7) is 5.15. The van der Waals surface area contributed by atoms with E-state index in [2.05, 4.69) is 5.32 Å². The Bertz CT molecular complexity index is 840. The molecule has 8 atom stereocenters. The maximum Gasteiger partial charge on any atom is 0.305 e. The van der Waals surface area contributed by atoms with Gasteiger partial charge >= 0.3 is 11.9 Å². The van der Waals surface area contributed by atoms with Crippen LogP contribution < -0.4 is 16.8 Å². The van der Waals surface area contributed by atoms with Gasteiger partial charge in [-0.1, -0.05) is 6.92 Å². The van der Waals surface area contributed by atoms with Crippen molar-refractivity contribution in [2.45, 2.75) is 102 Å². The van der Waals surface area contributed by atoms with E-state index < -0.39 is 91.5 Å². The number of hydrogen-bond acceptors (Lipinski definition) is 11. The van der Waals surface area contributed by atoms with E-state index in [1.807, 2.05) is 0 Å². The Hall–Kier alpha value is -2.85. The number of nitrogens with two attached hydrogens (primary N) is 2. The summed E-state index contributed by atoms with van der Waals surface area (Å²) in [5, 5.41) is 32.9. The van der Waals surface area contributed by atoms with Gasteiger partial charge in [0.25, 0.3) is 0 Å². The number of carbonyl (C=O) groups is 5. The number of esters is 1. The summed E-state index contributed by atoms with van der Waals surface area (Å²) in [5.74, 6) is -3.93. The van der Waals surface area contributed by atoms with Crippen molar-refractivity contribution in [3.63, 3.8) is 0 Å². The number of carboxylic acid groups (broad SMARTS) is 1. The second-order valence-electron chi connectivity index (χ2n) is 9.26. The minimum absolute atomic E-state index is 0.142. The van der Waals surface area contributed by atoms with E-state index in [1.54, 1.807) is 6.92 Å². The molecule has 1 fully saturated rings. The minimum Gasteiger partial charge on any atom is -0.481 e. The predicted molar refractivity (Wildman–Crippen MR) is 130 cm³/mol. The fourth-order valence-electron chi connectivity index (χ4n) is 4.01. The van der Waals surface area contributed by atoms with Crippen LogP contribution in [-0.2, 0) is 38.2 Å². The van der Waals surface area contributed by atoms with Gasteiger partial charge in [-0.2, -0.15) is 0 Å². The first-order valence-electron chi connectivity index (χ1n) is 12.4. The van der Waals surface area contributed by atoms with Crippen LogP contribution in [0.25, 0.3) is 0 Å². The van der Waals surface area contributed by atoms with E-state index in [0.29, 0.717) is 6.42 Å². The average Bonchev–Trinajstić information content (AvgIpc) is 2.80. The van der Waals surface area contributed by atoms with Gasteiger partial charge in [-0.3, -0.25) is 24.0 Å². The normalized spacial score (nSPS) is 25.5. The van der Waals surface area contributed by atoms with E-state index in [1.165, 1.54) is 20.8 Å². The number of amides is 3. The van der Waals surface area contributed by atoms with Gasteiger partial charge in [-0.25, -0.2) is 0 Å². The molecular formula is C23H40N4O11. The lowest BCUT2D eigenvalue weighted by molar-refractivity contribution is -0.269. The van der Waals surface area contributed by atoms with Crippen LogP contribution >= 0.6 is 0 Å². The van der Waals surface area contributed by atoms with Crippen molar-refractivity contribution >= 4 is 29.7 Å². The standard InChI is InChI=1S/C23H40N4O11/c1-5-6-17(31)36-10-15-19(32)20(18(23(35)38-15)26-13(4)28)37-11(2)9-27(22(34)12(3)24)14(21(25)33)7-8-16(29)30/h11-12,14-15,18-20,23,32,35H,5-10,24H2,1-4H3,(H2,25,33)(H,26,28)(H,29,30)/t11?,12-,14+,15+,18+,19+,20+,23-/m0/s1. The number of aliphatic hydroxyl groups is 2. The van der Waals surface area contributed by atoms with Crippen molar-refractivity contribution in [3.8, 4) is 0 Å². The molecule has 38 heavy (non-hydrogen) atoms. The number of aliphatic hydroxyl groups excluding tert-OH is 2. The fourth-order valence-corrected chi connectivity index (χ4v) is 4.01. The SMILES string of the molecule is CCCC(=O)OC[C@H]1O[C@H](O)[C@H](NC(C)=O)[C@@H](OC(C)CN(C(=O)[C@H](C)N)[C@H](CCC(=O)O)C(N)=O)[C@@H]1O. The number of hydrogen-bond donors (Lipinski definition) is 6. The van der Waals surface area contributed by atoms with E-state index in [0.717, 1.165) is 4.90 Å². The molecule has 1 aliphatic heterocycles. The molecule has 0 saturated carbocycles. The Balaban J connectivity index is 3.17. The maximum atomic E-state index is 12.8. The predicted octanol–water partition coefficient (Wildman–Crippen LogP) is -2.42. The molecule has 0 aromatic rings. The molecule has 0 aromatic heterocycles. The van der Waals surface area contributed by atoms with Crippen molar-refractivity contribution in [3.05, 3.63) is 0 Å². The minimum atomic E-state index is -1.65. The number of nitrogens with zero attached hydrogens (tertiary/aromatic N) is 1. The molecule has 218 valence electrons. The molecule has 1 rings (SSSR count). The molecule has 1 aliphatic rings. The monoisotopic (exact) mass is 548 g/mol. The average molecular weight is 549 g/mol. The summed E-state index contributed by atoms with van der Waals surface area (Å²) in [6, 6.07) is -3.61. The molecule has 3 amide bonds. The summed E-state index contributed by atoms with van der Waals surface area (Å²) in [4.78, 5) is 60.5. The summed E-state index contributed by atoms with van der Waals surface area (Å²) < 4.78 is 16.4. The lowest BCUT2D eigenvalue weighted by Gasteiger charge is -2.44. The highest BCUT2D eigenvalue weighted by molar-refractivity contribution is 5.89. The molecule has 15 heteroatoms. The first-order valence-corrected chi connectivity index (χ1v) is 12.4. The molecule has 0 bridgehead atoms. The van der Waals surface area contributed by atoms with E-state index in [4.69, 9.17) is 30.8 Å². The molecule has 0 aromatic carbocycles. The Kier molecular flexibility index (Phi) is 13.6. The van der Waals surface area contributed by atoms with Crippen LogP contribution in [0.4, 0.5) is 0 Å². The van der Waals surface area contributed by atoms with Gasteiger partial charge in [0.05, 0.1) is 12.1 Å². The maximum absolute atomic E-state index is 12.8. The molecule has 0 radical (unpaired) electrons. The third-order valence-electron chi connectivity index (χ3n) is 5.78. The Labute approximate surface area is 220 Å². The lowest BCUT2D eigenvalue weighted by atomic mass is 9.96. The van der Waals surface area contributed by atoms with Crippen LogP contribution in [0.15, 0.2) is 0 Å².